The summed E-state index contributed by atoms with van der Waals surface area (Å²) in [6.07, 6.45) is 2.59. The molecule has 0 spiro atoms. The Labute approximate surface area is 192 Å². The molecule has 2 atom stereocenters. The van der Waals surface area contributed by atoms with E-state index < -0.39 is 11.5 Å². The van der Waals surface area contributed by atoms with Crippen LogP contribution in [0.2, 0.25) is 5.02 Å². The number of benzene rings is 2. The van der Waals surface area contributed by atoms with E-state index in [1.54, 1.807) is 30.3 Å². The van der Waals surface area contributed by atoms with Gasteiger partial charge in [-0.3, -0.25) is 9.69 Å². The number of nitrogens with zero attached hydrogens (tertiary/aromatic N) is 1. The number of nitrogens with one attached hydrogen (secondary N) is 1. The summed E-state index contributed by atoms with van der Waals surface area (Å²) < 4.78 is 6.06. The number of hydrogen-bond donors (Lipinski definition) is 2. The fourth-order valence-corrected chi connectivity index (χ4v) is 4.26. The molecule has 8 heteroatoms. The standard InChI is InChI=1S/C23H25ClN2O4.ClH/c1-15(16-5-7-17(8-6-16)21(27)28)25-22(29)23(10-11-23)26-12-9-20(14-26)30-19-4-2-3-18(24)13-19;/h2-8,13,15,20H,9-12,14H2,1H3,(H,25,29)(H,27,28);1H/t15-,20+;/m0./s1. The highest BCUT2D eigenvalue weighted by molar-refractivity contribution is 6.30. The van der Waals surface area contributed by atoms with Gasteiger partial charge >= 0.3 is 5.97 Å². The van der Waals surface area contributed by atoms with Crippen molar-refractivity contribution >= 4 is 35.9 Å². The maximum absolute atomic E-state index is 13.1. The number of amides is 1. The zero-order valence-electron chi connectivity index (χ0n) is 17.2. The number of aromatic carboxylic acids is 1. The van der Waals surface area contributed by atoms with Crippen molar-refractivity contribution in [3.05, 3.63) is 64.7 Å². The molecule has 1 aliphatic carbocycles. The van der Waals surface area contributed by atoms with Gasteiger partial charge in [-0.05, 0) is 62.1 Å². The first-order chi connectivity index (χ1) is 14.4. The lowest BCUT2D eigenvalue weighted by molar-refractivity contribution is -0.128. The molecule has 1 amide bonds. The molecule has 1 saturated heterocycles. The van der Waals surface area contributed by atoms with Crippen LogP contribution in [-0.2, 0) is 4.79 Å². The molecule has 2 aromatic rings. The van der Waals surface area contributed by atoms with E-state index in [1.165, 1.54) is 0 Å². The topological polar surface area (TPSA) is 78.9 Å². The van der Waals surface area contributed by atoms with Crippen molar-refractivity contribution in [2.75, 3.05) is 13.1 Å². The summed E-state index contributed by atoms with van der Waals surface area (Å²) in [4.78, 5) is 26.3. The molecule has 2 aromatic carbocycles. The number of carboxylic acids is 1. The summed E-state index contributed by atoms with van der Waals surface area (Å²) in [7, 11) is 0. The number of carbonyl (C=O) groups is 2. The van der Waals surface area contributed by atoms with Crippen LogP contribution in [0.3, 0.4) is 0 Å². The van der Waals surface area contributed by atoms with Gasteiger partial charge in [-0.25, -0.2) is 4.79 Å². The molecule has 1 saturated carbocycles. The lowest BCUT2D eigenvalue weighted by Crippen LogP contribution is -2.49. The van der Waals surface area contributed by atoms with Gasteiger partial charge in [0.2, 0.25) is 5.91 Å². The second-order valence-electron chi connectivity index (χ2n) is 8.09. The van der Waals surface area contributed by atoms with Crippen LogP contribution in [0.4, 0.5) is 0 Å². The van der Waals surface area contributed by atoms with Crippen LogP contribution < -0.4 is 10.1 Å². The molecule has 0 unspecified atom stereocenters. The number of rotatable bonds is 7. The van der Waals surface area contributed by atoms with Crippen molar-refractivity contribution in [3.8, 4) is 5.75 Å². The van der Waals surface area contributed by atoms with Crippen LogP contribution in [0, 0.1) is 0 Å². The van der Waals surface area contributed by atoms with Gasteiger partial charge in [0.15, 0.2) is 0 Å². The Balaban J connectivity index is 0.00000272. The molecule has 0 radical (unpaired) electrons. The van der Waals surface area contributed by atoms with Crippen LogP contribution in [0.1, 0.15) is 48.1 Å². The first-order valence-electron chi connectivity index (χ1n) is 10.2. The Morgan fingerprint density at radius 2 is 1.94 bits per heavy atom. The van der Waals surface area contributed by atoms with Crippen LogP contribution in [0.25, 0.3) is 0 Å². The zero-order valence-corrected chi connectivity index (χ0v) is 18.8. The molecule has 31 heavy (non-hydrogen) atoms. The maximum atomic E-state index is 13.1. The van der Waals surface area contributed by atoms with Gasteiger partial charge in [0.25, 0.3) is 0 Å². The monoisotopic (exact) mass is 464 g/mol. The average Bonchev–Trinajstić information content (AvgIpc) is 3.41. The number of likely N-dealkylation sites (tertiary alicyclic amines) is 1. The molecule has 166 valence electrons. The summed E-state index contributed by atoms with van der Waals surface area (Å²) in [5.74, 6) is -0.179. The second-order valence-corrected chi connectivity index (χ2v) is 8.52. The Bertz CT molecular complexity index is 947. The lowest BCUT2D eigenvalue weighted by atomic mass is 10.1. The quantitative estimate of drug-likeness (QED) is 0.637. The maximum Gasteiger partial charge on any atom is 0.335 e. The number of hydrogen-bond acceptors (Lipinski definition) is 4. The largest absolute Gasteiger partial charge is 0.489 e. The molecule has 0 aromatic heterocycles. The molecular formula is C23H26Cl2N2O4. The number of carbonyl (C=O) groups excluding carboxylic acids is 1. The summed E-state index contributed by atoms with van der Waals surface area (Å²) >= 11 is 6.03. The summed E-state index contributed by atoms with van der Waals surface area (Å²) in [6.45, 7) is 3.45. The van der Waals surface area contributed by atoms with Crippen LogP contribution >= 0.6 is 24.0 Å². The Morgan fingerprint density at radius 3 is 2.55 bits per heavy atom. The van der Waals surface area contributed by atoms with E-state index in [2.05, 4.69) is 10.2 Å². The molecule has 0 bridgehead atoms. The first kappa shape index (κ1) is 23.4. The van der Waals surface area contributed by atoms with E-state index in [0.717, 1.165) is 37.1 Å². The average molecular weight is 465 g/mol. The molecule has 2 fully saturated rings. The molecule has 6 nitrogen and oxygen atoms in total. The van der Waals surface area contributed by atoms with Crippen LogP contribution in [-0.4, -0.2) is 46.6 Å². The van der Waals surface area contributed by atoms with Gasteiger partial charge in [0, 0.05) is 18.1 Å². The van der Waals surface area contributed by atoms with Crippen molar-refractivity contribution in [1.82, 2.24) is 10.2 Å². The lowest BCUT2D eigenvalue weighted by Gasteiger charge is -2.28. The van der Waals surface area contributed by atoms with E-state index >= 15 is 0 Å². The minimum atomic E-state index is -0.959. The predicted molar refractivity (Wildman–Crippen MR) is 121 cm³/mol. The second kappa shape index (κ2) is 9.47. The van der Waals surface area contributed by atoms with Crippen molar-refractivity contribution in [2.45, 2.75) is 43.9 Å². The van der Waals surface area contributed by atoms with Crippen molar-refractivity contribution in [3.63, 3.8) is 0 Å². The third-order valence-corrected chi connectivity index (χ3v) is 6.24. The summed E-state index contributed by atoms with van der Waals surface area (Å²) in [6, 6.07) is 13.8. The fourth-order valence-electron chi connectivity index (χ4n) is 4.08. The number of ether oxygens (including phenoxy) is 1. The molecule has 2 N–H and O–H groups in total. The van der Waals surface area contributed by atoms with Gasteiger partial charge in [0.1, 0.15) is 17.4 Å². The predicted octanol–water partition coefficient (Wildman–Crippen LogP) is 4.32. The molecule has 1 heterocycles. The van der Waals surface area contributed by atoms with E-state index in [1.807, 2.05) is 25.1 Å². The van der Waals surface area contributed by atoms with Crippen molar-refractivity contribution in [1.29, 1.82) is 0 Å². The van der Waals surface area contributed by atoms with Gasteiger partial charge in [0.05, 0.1) is 11.6 Å². The highest BCUT2D eigenvalue weighted by atomic mass is 35.5. The van der Waals surface area contributed by atoms with E-state index in [-0.39, 0.29) is 36.0 Å². The third-order valence-electron chi connectivity index (χ3n) is 6.00. The molecule has 1 aliphatic heterocycles. The molecular weight excluding hydrogens is 439 g/mol. The van der Waals surface area contributed by atoms with Gasteiger partial charge in [-0.2, -0.15) is 0 Å². The highest BCUT2D eigenvalue weighted by Gasteiger charge is 2.56. The Hall–Kier alpha value is -2.28. The van der Waals surface area contributed by atoms with E-state index in [9.17, 15) is 9.59 Å². The van der Waals surface area contributed by atoms with Gasteiger partial charge < -0.3 is 15.2 Å². The van der Waals surface area contributed by atoms with Crippen LogP contribution in [0.15, 0.2) is 48.5 Å². The van der Waals surface area contributed by atoms with Crippen molar-refractivity contribution in [2.24, 2.45) is 0 Å². The number of halogens is 2. The normalized spacial score (nSPS) is 20.4. The third kappa shape index (κ3) is 5.14. The SMILES string of the molecule is C[C@H](NC(=O)C1(N2CC[C@@H](Oc3cccc(Cl)c3)C2)CC1)c1ccc(C(=O)O)cc1.Cl. The smallest absolute Gasteiger partial charge is 0.335 e. The fraction of sp³-hybridized carbons (Fsp3) is 0.391. The Morgan fingerprint density at radius 1 is 1.23 bits per heavy atom. The van der Waals surface area contributed by atoms with Crippen LogP contribution in [0.5, 0.6) is 5.75 Å². The van der Waals surface area contributed by atoms with Gasteiger partial charge in [-0.1, -0.05) is 29.8 Å². The minimum Gasteiger partial charge on any atom is -0.489 e. The molecule has 4 rings (SSSR count). The van der Waals surface area contributed by atoms with E-state index in [4.69, 9.17) is 21.4 Å². The zero-order chi connectivity index (χ0) is 21.3. The first-order valence-corrected chi connectivity index (χ1v) is 10.6. The number of carboxylic acid groups (broad SMARTS) is 1. The highest BCUT2D eigenvalue weighted by Crippen LogP contribution is 2.44. The molecule has 2 aliphatic rings. The van der Waals surface area contributed by atoms with Crippen molar-refractivity contribution < 1.29 is 19.4 Å². The van der Waals surface area contributed by atoms with E-state index in [0.29, 0.717) is 11.6 Å². The van der Waals surface area contributed by atoms with Gasteiger partial charge in [-0.15, -0.1) is 12.4 Å². The Kier molecular flexibility index (Phi) is 7.14. The minimum absolute atomic E-state index is 0. The summed E-state index contributed by atoms with van der Waals surface area (Å²) in [5.41, 5.74) is 0.660. The summed E-state index contributed by atoms with van der Waals surface area (Å²) in [5, 5.41) is 12.8.